The lowest BCUT2D eigenvalue weighted by atomic mass is 9.97. The summed E-state index contributed by atoms with van der Waals surface area (Å²) in [5, 5.41) is 0.576. The molecular weight excluding hydrogens is 388 g/mol. The highest BCUT2D eigenvalue weighted by Gasteiger charge is 2.27. The van der Waals surface area contributed by atoms with Crippen LogP contribution in [0.4, 0.5) is 0 Å². The number of amides is 1. The molecule has 0 radical (unpaired) electrons. The van der Waals surface area contributed by atoms with Crippen molar-refractivity contribution in [2.75, 3.05) is 39.3 Å². The number of hydrogen-bond donors (Lipinski definition) is 0. The summed E-state index contributed by atoms with van der Waals surface area (Å²) in [5.41, 5.74) is 1.41. The van der Waals surface area contributed by atoms with Crippen LogP contribution >= 0.6 is 11.6 Å². The lowest BCUT2D eigenvalue weighted by Crippen LogP contribution is -2.50. The second-order valence-corrected chi connectivity index (χ2v) is 8.05. The Labute approximate surface area is 176 Å². The molecule has 0 aliphatic carbocycles. The molecule has 2 saturated heterocycles. The Bertz CT molecular complexity index is 870. The molecule has 0 saturated carbocycles. The summed E-state index contributed by atoms with van der Waals surface area (Å²) in [6, 6.07) is 13.8. The Hall–Kier alpha value is -2.21. The maximum absolute atomic E-state index is 13.2. The van der Waals surface area contributed by atoms with Crippen LogP contribution in [0.15, 0.2) is 48.5 Å². The normalized spacial score (nSPS) is 20.0. The van der Waals surface area contributed by atoms with E-state index in [0.29, 0.717) is 40.9 Å². The minimum absolute atomic E-state index is 0.0836. The van der Waals surface area contributed by atoms with Gasteiger partial charge in [0.05, 0.1) is 11.7 Å². The third kappa shape index (κ3) is 4.69. The number of carbonyl (C=O) groups is 2. The predicted octanol–water partition coefficient (Wildman–Crippen LogP) is 3.51. The van der Waals surface area contributed by atoms with Crippen LogP contribution in [-0.2, 0) is 4.74 Å². The second-order valence-electron chi connectivity index (χ2n) is 7.61. The molecule has 4 rings (SSSR count). The minimum Gasteiger partial charge on any atom is -0.377 e. The Morgan fingerprint density at radius 1 is 0.966 bits per heavy atom. The predicted molar refractivity (Wildman–Crippen MR) is 113 cm³/mol. The number of hydrogen-bond acceptors (Lipinski definition) is 4. The third-order valence-corrected chi connectivity index (χ3v) is 5.91. The second kappa shape index (κ2) is 9.08. The van der Waals surface area contributed by atoms with Crippen molar-refractivity contribution in [2.24, 2.45) is 0 Å². The molecule has 29 heavy (non-hydrogen) atoms. The molecule has 0 bridgehead atoms. The van der Waals surface area contributed by atoms with E-state index in [1.165, 1.54) is 0 Å². The van der Waals surface area contributed by atoms with Crippen molar-refractivity contribution < 1.29 is 14.3 Å². The first-order valence-electron chi connectivity index (χ1n) is 10.1. The Kier molecular flexibility index (Phi) is 6.28. The van der Waals surface area contributed by atoms with Crippen molar-refractivity contribution in [3.8, 4) is 0 Å². The number of carbonyl (C=O) groups excluding carboxylic acids is 2. The standard InChI is InChI=1S/C23H25ClN2O3/c24-18-9-7-17(8-10-18)22(27)20-5-1-2-6-21(20)23(28)26-13-11-25(12-14-26)16-19-4-3-15-29-19/h1-2,5-10,19H,3-4,11-16H2. The first kappa shape index (κ1) is 20.1. The van der Waals surface area contributed by atoms with E-state index >= 15 is 0 Å². The molecule has 2 heterocycles. The molecule has 2 aliphatic rings. The molecule has 2 aromatic carbocycles. The average molecular weight is 413 g/mol. The minimum atomic E-state index is -0.164. The number of rotatable bonds is 5. The highest BCUT2D eigenvalue weighted by atomic mass is 35.5. The van der Waals surface area contributed by atoms with Gasteiger partial charge in [-0.05, 0) is 43.2 Å². The van der Waals surface area contributed by atoms with Gasteiger partial charge in [0.2, 0.25) is 0 Å². The van der Waals surface area contributed by atoms with E-state index in [9.17, 15) is 9.59 Å². The van der Waals surface area contributed by atoms with Gasteiger partial charge < -0.3 is 9.64 Å². The molecule has 152 valence electrons. The molecule has 1 amide bonds. The van der Waals surface area contributed by atoms with Gasteiger partial charge in [0, 0.05) is 55.5 Å². The summed E-state index contributed by atoms with van der Waals surface area (Å²) in [6.45, 7) is 4.79. The molecular formula is C23H25ClN2O3. The summed E-state index contributed by atoms with van der Waals surface area (Å²) in [5.74, 6) is -0.248. The van der Waals surface area contributed by atoms with Crippen LogP contribution in [0.2, 0.25) is 5.02 Å². The van der Waals surface area contributed by atoms with Gasteiger partial charge in [0.1, 0.15) is 0 Å². The highest BCUT2D eigenvalue weighted by Crippen LogP contribution is 2.20. The third-order valence-electron chi connectivity index (χ3n) is 5.65. The van der Waals surface area contributed by atoms with Crippen molar-refractivity contribution in [1.29, 1.82) is 0 Å². The molecule has 0 N–H and O–H groups in total. The molecule has 1 atom stereocenters. The van der Waals surface area contributed by atoms with Crippen molar-refractivity contribution in [1.82, 2.24) is 9.80 Å². The quantitative estimate of drug-likeness (QED) is 0.705. The maximum Gasteiger partial charge on any atom is 0.254 e. The smallest absolute Gasteiger partial charge is 0.254 e. The zero-order chi connectivity index (χ0) is 20.2. The number of piperazine rings is 1. The first-order valence-corrected chi connectivity index (χ1v) is 10.5. The molecule has 1 unspecified atom stereocenters. The fourth-order valence-corrected chi connectivity index (χ4v) is 4.13. The lowest BCUT2D eigenvalue weighted by molar-refractivity contribution is 0.0431. The molecule has 2 aromatic rings. The topological polar surface area (TPSA) is 49.9 Å². The van der Waals surface area contributed by atoms with Crippen LogP contribution < -0.4 is 0 Å². The maximum atomic E-state index is 13.2. The van der Waals surface area contributed by atoms with E-state index in [4.69, 9.17) is 16.3 Å². The van der Waals surface area contributed by atoms with Gasteiger partial charge in [-0.15, -0.1) is 0 Å². The van der Waals surface area contributed by atoms with Crippen LogP contribution in [0.3, 0.4) is 0 Å². The number of ether oxygens (including phenoxy) is 1. The highest BCUT2D eigenvalue weighted by molar-refractivity contribution is 6.30. The molecule has 2 aliphatic heterocycles. The van der Waals surface area contributed by atoms with Crippen LogP contribution in [0.25, 0.3) is 0 Å². The van der Waals surface area contributed by atoms with Crippen LogP contribution in [0.5, 0.6) is 0 Å². The monoisotopic (exact) mass is 412 g/mol. The number of benzene rings is 2. The largest absolute Gasteiger partial charge is 0.377 e. The van der Waals surface area contributed by atoms with Gasteiger partial charge in [-0.2, -0.15) is 0 Å². The van der Waals surface area contributed by atoms with Gasteiger partial charge in [0.25, 0.3) is 5.91 Å². The van der Waals surface area contributed by atoms with Gasteiger partial charge >= 0.3 is 0 Å². The number of halogens is 1. The number of ketones is 1. The first-order chi connectivity index (χ1) is 14.1. The van der Waals surface area contributed by atoms with Crippen LogP contribution in [0.1, 0.15) is 39.1 Å². The average Bonchev–Trinajstić information content (AvgIpc) is 3.27. The summed E-state index contributed by atoms with van der Waals surface area (Å²) in [4.78, 5) is 30.4. The van der Waals surface area contributed by atoms with E-state index in [2.05, 4.69) is 4.90 Å². The van der Waals surface area contributed by atoms with Crippen LogP contribution in [0, 0.1) is 0 Å². The number of nitrogens with zero attached hydrogens (tertiary/aromatic N) is 2. The molecule has 2 fully saturated rings. The summed E-state index contributed by atoms with van der Waals surface area (Å²) < 4.78 is 5.72. The SMILES string of the molecule is O=C(c1ccc(Cl)cc1)c1ccccc1C(=O)N1CCN(CC2CCCO2)CC1. The van der Waals surface area contributed by atoms with Crippen molar-refractivity contribution in [3.63, 3.8) is 0 Å². The van der Waals surface area contributed by atoms with Crippen molar-refractivity contribution in [2.45, 2.75) is 18.9 Å². The zero-order valence-electron chi connectivity index (χ0n) is 16.4. The Balaban J connectivity index is 1.44. The summed E-state index contributed by atoms with van der Waals surface area (Å²) >= 11 is 5.93. The lowest BCUT2D eigenvalue weighted by Gasteiger charge is -2.36. The zero-order valence-corrected chi connectivity index (χ0v) is 17.1. The van der Waals surface area contributed by atoms with E-state index in [1.54, 1.807) is 48.5 Å². The van der Waals surface area contributed by atoms with Crippen molar-refractivity contribution >= 4 is 23.3 Å². The summed E-state index contributed by atoms with van der Waals surface area (Å²) in [6.07, 6.45) is 2.59. The van der Waals surface area contributed by atoms with E-state index < -0.39 is 0 Å². The van der Waals surface area contributed by atoms with Crippen molar-refractivity contribution in [3.05, 3.63) is 70.2 Å². The molecule has 0 spiro atoms. The Morgan fingerprint density at radius 2 is 1.66 bits per heavy atom. The molecule has 6 heteroatoms. The molecule has 5 nitrogen and oxygen atoms in total. The van der Waals surface area contributed by atoms with Gasteiger partial charge in [-0.3, -0.25) is 14.5 Å². The fourth-order valence-electron chi connectivity index (χ4n) is 4.00. The molecule has 0 aromatic heterocycles. The van der Waals surface area contributed by atoms with Gasteiger partial charge in [-0.1, -0.05) is 29.8 Å². The fraction of sp³-hybridized carbons (Fsp3) is 0.391. The van der Waals surface area contributed by atoms with E-state index in [-0.39, 0.29) is 11.7 Å². The van der Waals surface area contributed by atoms with E-state index in [0.717, 1.165) is 39.1 Å². The van der Waals surface area contributed by atoms with Gasteiger partial charge in [0.15, 0.2) is 5.78 Å². The summed E-state index contributed by atoms with van der Waals surface area (Å²) in [7, 11) is 0. The Morgan fingerprint density at radius 3 is 2.31 bits per heavy atom. The van der Waals surface area contributed by atoms with Crippen LogP contribution in [-0.4, -0.2) is 66.9 Å². The van der Waals surface area contributed by atoms with Gasteiger partial charge in [-0.25, -0.2) is 0 Å². The van der Waals surface area contributed by atoms with E-state index in [1.807, 2.05) is 4.90 Å².